The number of rotatable bonds is 4. The number of likely N-dealkylation sites (tertiary alicyclic amines) is 1. The van der Waals surface area contributed by atoms with Crippen LogP contribution in [-0.4, -0.2) is 43.6 Å². The Hall–Kier alpha value is -0.680. The molecule has 1 amide bonds. The second-order valence-corrected chi connectivity index (χ2v) is 6.15. The average Bonchev–Trinajstić information content (AvgIpc) is 2.49. The highest BCUT2D eigenvalue weighted by Crippen LogP contribution is 2.33. The van der Waals surface area contributed by atoms with Crippen molar-refractivity contribution in [3.8, 4) is 5.75 Å². The highest BCUT2D eigenvalue weighted by atomic mass is 35.5. The van der Waals surface area contributed by atoms with Crippen LogP contribution in [-0.2, 0) is 4.79 Å². The Kier molecular flexibility index (Phi) is 5.99. The van der Waals surface area contributed by atoms with Gasteiger partial charge in [0.05, 0.1) is 15.1 Å². The minimum Gasteiger partial charge on any atom is -0.482 e. The van der Waals surface area contributed by atoms with E-state index >= 15 is 0 Å². The van der Waals surface area contributed by atoms with Gasteiger partial charge in [-0.2, -0.15) is 0 Å². The highest BCUT2D eigenvalue weighted by Gasteiger charge is 2.22. The van der Waals surface area contributed by atoms with E-state index in [2.05, 4.69) is 5.32 Å². The minimum absolute atomic E-state index is 0.0494. The lowest BCUT2D eigenvalue weighted by atomic mass is 10.1. The van der Waals surface area contributed by atoms with Crippen molar-refractivity contribution in [2.75, 3.05) is 26.7 Å². The lowest BCUT2D eigenvalue weighted by Gasteiger charge is -2.31. The minimum atomic E-state index is -0.0537. The molecule has 21 heavy (non-hydrogen) atoms. The lowest BCUT2D eigenvalue weighted by Crippen LogP contribution is -2.45. The molecule has 0 atom stereocenters. The number of hydrogen-bond donors (Lipinski definition) is 1. The summed E-state index contributed by atoms with van der Waals surface area (Å²) in [6.07, 6.45) is 1.91. The average molecular weight is 352 g/mol. The van der Waals surface area contributed by atoms with Gasteiger partial charge < -0.3 is 15.0 Å². The largest absolute Gasteiger partial charge is 0.482 e. The van der Waals surface area contributed by atoms with Crippen molar-refractivity contribution < 1.29 is 9.53 Å². The maximum Gasteiger partial charge on any atom is 0.260 e. The van der Waals surface area contributed by atoms with Crippen LogP contribution in [0.3, 0.4) is 0 Å². The van der Waals surface area contributed by atoms with Crippen molar-refractivity contribution >= 4 is 40.7 Å². The summed E-state index contributed by atoms with van der Waals surface area (Å²) in [5.41, 5.74) is 0. The van der Waals surface area contributed by atoms with Gasteiger partial charge in [-0.15, -0.1) is 0 Å². The first kappa shape index (κ1) is 16.7. The summed E-state index contributed by atoms with van der Waals surface area (Å²) >= 11 is 17.8. The van der Waals surface area contributed by atoms with E-state index in [9.17, 15) is 4.79 Å². The first-order valence-electron chi connectivity index (χ1n) is 6.73. The van der Waals surface area contributed by atoms with Crippen LogP contribution in [0.5, 0.6) is 5.75 Å². The number of carbonyl (C=O) groups excluding carboxylic acids is 1. The fourth-order valence-corrected chi connectivity index (χ4v) is 2.85. The van der Waals surface area contributed by atoms with Crippen LogP contribution in [0.25, 0.3) is 0 Å². The summed E-state index contributed by atoms with van der Waals surface area (Å²) < 4.78 is 5.46. The number of nitrogens with zero attached hydrogens (tertiary/aromatic N) is 1. The Morgan fingerprint density at radius 2 is 1.86 bits per heavy atom. The van der Waals surface area contributed by atoms with Crippen molar-refractivity contribution in [3.05, 3.63) is 27.2 Å². The number of hydrogen-bond acceptors (Lipinski definition) is 3. The zero-order valence-electron chi connectivity index (χ0n) is 11.7. The fraction of sp³-hybridized carbons (Fsp3) is 0.500. The molecule has 0 aliphatic carbocycles. The van der Waals surface area contributed by atoms with Gasteiger partial charge in [0.2, 0.25) is 0 Å². The third-order valence-electron chi connectivity index (χ3n) is 3.58. The monoisotopic (exact) mass is 350 g/mol. The molecule has 0 saturated carbocycles. The molecule has 1 fully saturated rings. The van der Waals surface area contributed by atoms with Crippen molar-refractivity contribution in [2.45, 2.75) is 18.9 Å². The van der Waals surface area contributed by atoms with Gasteiger partial charge in [0.1, 0.15) is 5.75 Å². The molecule has 1 heterocycles. The van der Waals surface area contributed by atoms with Gasteiger partial charge in [-0.25, -0.2) is 0 Å². The number of ether oxygens (including phenoxy) is 1. The molecule has 0 aromatic heterocycles. The molecule has 7 heteroatoms. The van der Waals surface area contributed by atoms with Crippen LogP contribution >= 0.6 is 34.8 Å². The maximum absolute atomic E-state index is 12.1. The summed E-state index contributed by atoms with van der Waals surface area (Å²) in [6, 6.07) is 3.51. The summed E-state index contributed by atoms with van der Waals surface area (Å²) in [6.45, 7) is 1.42. The Morgan fingerprint density at radius 1 is 1.24 bits per heavy atom. The zero-order valence-corrected chi connectivity index (χ0v) is 13.9. The van der Waals surface area contributed by atoms with Crippen molar-refractivity contribution in [1.82, 2.24) is 10.2 Å². The highest BCUT2D eigenvalue weighted by molar-refractivity contribution is 6.43. The number of amides is 1. The molecule has 1 aromatic rings. The fourth-order valence-electron chi connectivity index (χ4n) is 2.26. The molecule has 1 saturated heterocycles. The molecular weight excluding hydrogens is 335 g/mol. The molecule has 0 spiro atoms. The van der Waals surface area contributed by atoms with E-state index < -0.39 is 0 Å². The smallest absolute Gasteiger partial charge is 0.260 e. The van der Waals surface area contributed by atoms with Crippen LogP contribution in [0.15, 0.2) is 12.1 Å². The van der Waals surface area contributed by atoms with Crippen LogP contribution in [0.4, 0.5) is 0 Å². The molecule has 116 valence electrons. The van der Waals surface area contributed by atoms with Gasteiger partial charge >= 0.3 is 0 Å². The van der Waals surface area contributed by atoms with E-state index in [0.29, 0.717) is 26.9 Å². The van der Waals surface area contributed by atoms with Crippen molar-refractivity contribution in [3.63, 3.8) is 0 Å². The van der Waals surface area contributed by atoms with Crippen molar-refractivity contribution in [1.29, 1.82) is 0 Å². The normalized spacial score (nSPS) is 16.1. The van der Waals surface area contributed by atoms with E-state index in [4.69, 9.17) is 39.5 Å². The van der Waals surface area contributed by atoms with Crippen LogP contribution in [0.1, 0.15) is 12.8 Å². The maximum atomic E-state index is 12.1. The molecule has 1 N–H and O–H groups in total. The van der Waals surface area contributed by atoms with Crippen LogP contribution in [0, 0.1) is 0 Å². The van der Waals surface area contributed by atoms with Gasteiger partial charge in [-0.05, 0) is 26.0 Å². The first-order valence-corrected chi connectivity index (χ1v) is 7.87. The summed E-state index contributed by atoms with van der Waals surface area (Å²) in [4.78, 5) is 13.9. The van der Waals surface area contributed by atoms with E-state index in [1.54, 1.807) is 4.90 Å². The van der Waals surface area contributed by atoms with E-state index in [-0.39, 0.29) is 12.5 Å². The van der Waals surface area contributed by atoms with E-state index in [1.807, 2.05) is 7.05 Å². The SMILES string of the molecule is CNC1CCN(C(=O)COc2cc(Cl)c(Cl)cc2Cl)CC1. The van der Waals surface area contributed by atoms with Crippen molar-refractivity contribution in [2.24, 2.45) is 0 Å². The summed E-state index contributed by atoms with van der Waals surface area (Å²) in [5.74, 6) is 0.316. The van der Waals surface area contributed by atoms with Gasteiger partial charge in [-0.1, -0.05) is 34.8 Å². The standard InChI is InChI=1S/C14H17Cl3N2O2/c1-18-9-2-4-19(5-3-9)14(20)8-21-13-7-11(16)10(15)6-12(13)17/h6-7,9,18H,2-5,8H2,1H3. The predicted octanol–water partition coefficient (Wildman–Crippen LogP) is 3.24. The van der Waals surface area contributed by atoms with Gasteiger partial charge in [0.15, 0.2) is 6.61 Å². The number of piperidine rings is 1. The summed E-state index contributed by atoms with van der Waals surface area (Å²) in [5, 5.41) is 4.27. The Morgan fingerprint density at radius 3 is 2.48 bits per heavy atom. The Labute approximate surface area is 139 Å². The van der Waals surface area contributed by atoms with E-state index in [1.165, 1.54) is 12.1 Å². The zero-order chi connectivity index (χ0) is 15.4. The third-order valence-corrected chi connectivity index (χ3v) is 4.60. The molecule has 0 bridgehead atoms. The number of benzene rings is 1. The second-order valence-electron chi connectivity index (χ2n) is 4.93. The quantitative estimate of drug-likeness (QED) is 0.847. The van der Waals surface area contributed by atoms with Gasteiger partial charge in [0.25, 0.3) is 5.91 Å². The Balaban J connectivity index is 1.88. The molecule has 1 aliphatic heterocycles. The molecule has 1 aliphatic rings. The molecule has 1 aromatic carbocycles. The third kappa shape index (κ3) is 4.39. The molecule has 0 unspecified atom stereocenters. The molecule has 4 nitrogen and oxygen atoms in total. The molecule has 2 rings (SSSR count). The summed E-state index contributed by atoms with van der Waals surface area (Å²) in [7, 11) is 1.94. The molecule has 0 radical (unpaired) electrons. The molecular formula is C14H17Cl3N2O2. The topological polar surface area (TPSA) is 41.6 Å². The number of carbonyl (C=O) groups is 1. The van der Waals surface area contributed by atoms with Crippen LogP contribution in [0.2, 0.25) is 15.1 Å². The Bertz CT molecular complexity index is 517. The number of nitrogens with one attached hydrogen (secondary N) is 1. The first-order chi connectivity index (χ1) is 10.0. The lowest BCUT2D eigenvalue weighted by molar-refractivity contribution is -0.134. The van der Waals surface area contributed by atoms with E-state index in [0.717, 1.165) is 25.9 Å². The van der Waals surface area contributed by atoms with Gasteiger partial charge in [-0.3, -0.25) is 4.79 Å². The van der Waals surface area contributed by atoms with Gasteiger partial charge in [0, 0.05) is 25.2 Å². The predicted molar refractivity (Wildman–Crippen MR) is 85.6 cm³/mol. The number of halogens is 3. The second kappa shape index (κ2) is 7.54. The van der Waals surface area contributed by atoms with Crippen LogP contribution < -0.4 is 10.1 Å².